The van der Waals surface area contributed by atoms with Gasteiger partial charge in [0.2, 0.25) is 5.91 Å². The molecule has 2 aromatic rings. The van der Waals surface area contributed by atoms with Gasteiger partial charge in [0.05, 0.1) is 0 Å². The highest BCUT2D eigenvalue weighted by molar-refractivity contribution is 5.74. The summed E-state index contributed by atoms with van der Waals surface area (Å²) in [6.45, 7) is 2.08. The molecule has 1 unspecified atom stereocenters. The van der Waals surface area contributed by atoms with Gasteiger partial charge in [-0.1, -0.05) is 67.6 Å². The summed E-state index contributed by atoms with van der Waals surface area (Å²) in [4.78, 5) is 11.2. The molecular formula is C17H19NO. The number of carbonyl (C=O) groups excluding carboxylic acids is 1. The molecule has 0 aliphatic rings. The van der Waals surface area contributed by atoms with E-state index in [1.54, 1.807) is 0 Å². The average Bonchev–Trinajstić information content (AvgIpc) is 2.40. The molecular weight excluding hydrogens is 234 g/mol. The number of nitrogens with two attached hydrogens (primary N) is 1. The lowest BCUT2D eigenvalue weighted by molar-refractivity contribution is -0.118. The predicted molar refractivity (Wildman–Crippen MR) is 77.7 cm³/mol. The number of hydrogen-bond donors (Lipinski definition) is 1. The van der Waals surface area contributed by atoms with Gasteiger partial charge in [-0.05, 0) is 17.0 Å². The fraction of sp³-hybridized carbons (Fsp3) is 0.235. The zero-order valence-corrected chi connectivity index (χ0v) is 11.1. The van der Waals surface area contributed by atoms with Crippen molar-refractivity contribution in [3.63, 3.8) is 0 Å². The summed E-state index contributed by atoms with van der Waals surface area (Å²) in [7, 11) is 0. The summed E-state index contributed by atoms with van der Waals surface area (Å²) in [5.41, 5.74) is 7.80. The van der Waals surface area contributed by atoms with Gasteiger partial charge in [0, 0.05) is 12.3 Å². The van der Waals surface area contributed by atoms with Gasteiger partial charge in [0.1, 0.15) is 0 Å². The van der Waals surface area contributed by atoms with E-state index in [9.17, 15) is 4.79 Å². The van der Waals surface area contributed by atoms with Crippen molar-refractivity contribution in [3.05, 3.63) is 71.8 Å². The Morgan fingerprint density at radius 1 is 0.947 bits per heavy atom. The Morgan fingerprint density at radius 2 is 1.37 bits per heavy atom. The second-order valence-electron chi connectivity index (χ2n) is 4.95. The molecule has 0 fully saturated rings. The molecule has 1 atom stereocenters. The molecule has 0 saturated carbocycles. The minimum Gasteiger partial charge on any atom is -0.370 e. The van der Waals surface area contributed by atoms with Gasteiger partial charge in [-0.15, -0.1) is 0 Å². The molecule has 0 heterocycles. The van der Waals surface area contributed by atoms with E-state index in [2.05, 4.69) is 31.2 Å². The van der Waals surface area contributed by atoms with E-state index in [0.29, 0.717) is 6.42 Å². The molecule has 0 aliphatic carbocycles. The Kier molecular flexibility index (Phi) is 4.35. The fourth-order valence-corrected chi connectivity index (χ4v) is 2.61. The number of hydrogen-bond acceptors (Lipinski definition) is 1. The summed E-state index contributed by atoms with van der Waals surface area (Å²) < 4.78 is 0. The van der Waals surface area contributed by atoms with Crippen molar-refractivity contribution in [2.75, 3.05) is 0 Å². The first-order valence-electron chi connectivity index (χ1n) is 6.56. The van der Waals surface area contributed by atoms with Crippen molar-refractivity contribution in [1.29, 1.82) is 0 Å². The van der Waals surface area contributed by atoms with Crippen molar-refractivity contribution < 1.29 is 4.79 Å². The van der Waals surface area contributed by atoms with Gasteiger partial charge in [0.15, 0.2) is 0 Å². The molecule has 0 aliphatic heterocycles. The lowest BCUT2D eigenvalue weighted by Gasteiger charge is -2.24. The second kappa shape index (κ2) is 6.19. The maximum atomic E-state index is 11.2. The molecule has 19 heavy (non-hydrogen) atoms. The largest absolute Gasteiger partial charge is 0.370 e. The van der Waals surface area contributed by atoms with E-state index >= 15 is 0 Å². The quantitative estimate of drug-likeness (QED) is 0.872. The highest BCUT2D eigenvalue weighted by Gasteiger charge is 2.22. The maximum Gasteiger partial charge on any atom is 0.217 e. The molecule has 98 valence electrons. The van der Waals surface area contributed by atoms with Crippen LogP contribution in [-0.2, 0) is 4.79 Å². The first-order chi connectivity index (χ1) is 9.18. The highest BCUT2D eigenvalue weighted by Crippen LogP contribution is 2.33. The topological polar surface area (TPSA) is 43.1 Å². The molecule has 0 spiro atoms. The van der Waals surface area contributed by atoms with Crippen molar-refractivity contribution in [2.45, 2.75) is 19.3 Å². The van der Waals surface area contributed by atoms with Crippen LogP contribution in [0.1, 0.15) is 30.4 Å². The lowest BCUT2D eigenvalue weighted by atomic mass is 9.80. The van der Waals surface area contributed by atoms with Gasteiger partial charge < -0.3 is 5.73 Å². The molecule has 2 nitrogen and oxygen atoms in total. The summed E-state index contributed by atoms with van der Waals surface area (Å²) in [5.74, 6) is 0.140. The van der Waals surface area contributed by atoms with Gasteiger partial charge in [-0.3, -0.25) is 4.79 Å². The SMILES string of the molecule is CC(CC(N)=O)C(c1ccccc1)c1ccccc1. The molecule has 0 saturated heterocycles. The van der Waals surface area contributed by atoms with Crippen LogP contribution in [-0.4, -0.2) is 5.91 Å². The third-order valence-corrected chi connectivity index (χ3v) is 3.41. The van der Waals surface area contributed by atoms with Crippen LogP contribution in [0.15, 0.2) is 60.7 Å². The molecule has 2 rings (SSSR count). The Morgan fingerprint density at radius 3 is 1.74 bits per heavy atom. The Labute approximate surface area is 114 Å². The summed E-state index contributed by atoms with van der Waals surface area (Å²) in [6, 6.07) is 20.6. The predicted octanol–water partition coefficient (Wildman–Crippen LogP) is 3.33. The van der Waals surface area contributed by atoms with Crippen LogP contribution in [0, 0.1) is 5.92 Å². The van der Waals surface area contributed by atoms with E-state index in [4.69, 9.17) is 5.73 Å². The normalized spacial score (nSPS) is 12.3. The second-order valence-corrected chi connectivity index (χ2v) is 4.95. The van der Waals surface area contributed by atoms with Crippen LogP contribution in [0.2, 0.25) is 0 Å². The third-order valence-electron chi connectivity index (χ3n) is 3.41. The molecule has 0 bridgehead atoms. The van der Waals surface area contributed by atoms with Crippen molar-refractivity contribution in [2.24, 2.45) is 11.7 Å². The monoisotopic (exact) mass is 253 g/mol. The van der Waals surface area contributed by atoms with Crippen molar-refractivity contribution in [3.8, 4) is 0 Å². The maximum absolute atomic E-state index is 11.2. The number of rotatable bonds is 5. The smallest absolute Gasteiger partial charge is 0.217 e. The Bertz CT molecular complexity index is 482. The van der Waals surface area contributed by atoms with Crippen molar-refractivity contribution >= 4 is 5.91 Å². The summed E-state index contributed by atoms with van der Waals surface area (Å²) >= 11 is 0. The number of amides is 1. The minimum absolute atomic E-state index is 0.183. The van der Waals surface area contributed by atoms with E-state index in [1.165, 1.54) is 11.1 Å². The van der Waals surface area contributed by atoms with Crippen LogP contribution in [0.4, 0.5) is 0 Å². The molecule has 2 N–H and O–H groups in total. The highest BCUT2D eigenvalue weighted by atomic mass is 16.1. The molecule has 2 heteroatoms. The lowest BCUT2D eigenvalue weighted by Crippen LogP contribution is -2.20. The molecule has 0 aromatic heterocycles. The molecule has 2 aromatic carbocycles. The standard InChI is InChI=1S/C17H19NO/c1-13(12-16(18)19)17(14-8-4-2-5-9-14)15-10-6-3-7-11-15/h2-11,13,17H,12H2,1H3,(H2,18,19). The first-order valence-corrected chi connectivity index (χ1v) is 6.56. The first kappa shape index (κ1) is 13.3. The van der Waals surface area contributed by atoms with Crippen LogP contribution >= 0.6 is 0 Å². The van der Waals surface area contributed by atoms with Crippen LogP contribution < -0.4 is 5.73 Å². The van der Waals surface area contributed by atoms with Gasteiger partial charge >= 0.3 is 0 Å². The van der Waals surface area contributed by atoms with E-state index in [1.807, 2.05) is 36.4 Å². The van der Waals surface area contributed by atoms with Gasteiger partial charge in [0.25, 0.3) is 0 Å². The van der Waals surface area contributed by atoms with Crippen molar-refractivity contribution in [1.82, 2.24) is 0 Å². The Balaban J connectivity index is 2.37. The zero-order valence-electron chi connectivity index (χ0n) is 11.1. The summed E-state index contributed by atoms with van der Waals surface area (Å²) in [6.07, 6.45) is 0.397. The van der Waals surface area contributed by atoms with Crippen LogP contribution in [0.3, 0.4) is 0 Å². The number of primary amides is 1. The van der Waals surface area contributed by atoms with Gasteiger partial charge in [-0.2, -0.15) is 0 Å². The van der Waals surface area contributed by atoms with E-state index < -0.39 is 0 Å². The Hall–Kier alpha value is -2.09. The minimum atomic E-state index is -0.246. The molecule has 0 radical (unpaired) electrons. The fourth-order valence-electron chi connectivity index (χ4n) is 2.61. The van der Waals surface area contributed by atoms with Crippen LogP contribution in [0.5, 0.6) is 0 Å². The van der Waals surface area contributed by atoms with E-state index in [-0.39, 0.29) is 17.7 Å². The number of benzene rings is 2. The summed E-state index contributed by atoms with van der Waals surface area (Å²) in [5, 5.41) is 0. The van der Waals surface area contributed by atoms with E-state index in [0.717, 1.165) is 0 Å². The molecule has 1 amide bonds. The average molecular weight is 253 g/mol. The zero-order chi connectivity index (χ0) is 13.7. The van der Waals surface area contributed by atoms with Gasteiger partial charge in [-0.25, -0.2) is 0 Å². The number of carbonyl (C=O) groups is 1. The third kappa shape index (κ3) is 3.44. The van der Waals surface area contributed by atoms with Crippen LogP contribution in [0.25, 0.3) is 0 Å².